The zero-order valence-corrected chi connectivity index (χ0v) is 21.2. The van der Waals surface area contributed by atoms with Gasteiger partial charge in [0.2, 0.25) is 0 Å². The van der Waals surface area contributed by atoms with Crippen molar-refractivity contribution in [1.29, 1.82) is 0 Å². The third-order valence-corrected chi connectivity index (χ3v) is 9.60. The van der Waals surface area contributed by atoms with Crippen molar-refractivity contribution in [2.75, 3.05) is 0 Å². The highest BCUT2D eigenvalue weighted by molar-refractivity contribution is 7.99. The number of alkyl halides is 3. The fourth-order valence-corrected chi connectivity index (χ4v) is 8.25. The Bertz CT molecular complexity index is 1240. The van der Waals surface area contributed by atoms with E-state index in [2.05, 4.69) is 11.7 Å². The molecule has 0 spiro atoms. The Hall–Kier alpha value is -1.93. The van der Waals surface area contributed by atoms with Crippen molar-refractivity contribution < 1.29 is 36.4 Å². The fourth-order valence-electron chi connectivity index (χ4n) is 5.92. The van der Waals surface area contributed by atoms with Gasteiger partial charge in [-0.15, -0.1) is 13.2 Å². The van der Waals surface area contributed by atoms with Crippen LogP contribution in [-0.4, -0.2) is 17.4 Å². The lowest BCUT2D eigenvalue weighted by atomic mass is 9.70. The van der Waals surface area contributed by atoms with E-state index in [-0.39, 0.29) is 27.0 Å². The molecule has 35 heavy (non-hydrogen) atoms. The van der Waals surface area contributed by atoms with Gasteiger partial charge in [-0.1, -0.05) is 56.8 Å². The molecule has 2 aliphatic carbocycles. The third kappa shape index (κ3) is 4.64. The number of ether oxygens (including phenoxy) is 1. The van der Waals surface area contributed by atoms with Crippen LogP contribution in [0.5, 0.6) is 5.75 Å². The molecule has 1 unspecified atom stereocenters. The molecule has 3 aliphatic rings. The minimum Gasteiger partial charge on any atom is -0.405 e. The van der Waals surface area contributed by atoms with Gasteiger partial charge < -0.3 is 9.26 Å². The first-order chi connectivity index (χ1) is 16.3. The summed E-state index contributed by atoms with van der Waals surface area (Å²) < 4.78 is 68.4. The molecular weight excluding hydrogens is 500 g/mol. The van der Waals surface area contributed by atoms with E-state index in [1.54, 1.807) is 30.3 Å². The lowest BCUT2D eigenvalue weighted by molar-refractivity contribution is -0.275. The lowest BCUT2D eigenvalue weighted by Crippen LogP contribution is -2.41. The van der Waals surface area contributed by atoms with E-state index in [9.17, 15) is 22.6 Å². The summed E-state index contributed by atoms with van der Waals surface area (Å²) in [6, 6.07) is 11.2. The van der Waals surface area contributed by atoms with Crippen LogP contribution in [0.4, 0.5) is 13.2 Å². The van der Waals surface area contributed by atoms with E-state index in [4.69, 9.17) is 9.05 Å². The van der Waals surface area contributed by atoms with Crippen LogP contribution in [0.2, 0.25) is 0 Å². The van der Waals surface area contributed by atoms with Gasteiger partial charge in [-0.3, -0.25) is 9.42 Å². The van der Waals surface area contributed by atoms with Gasteiger partial charge in [-0.25, -0.2) is 4.57 Å². The highest BCUT2D eigenvalue weighted by Crippen LogP contribution is 2.67. The Morgan fingerprint density at radius 2 is 1.86 bits per heavy atom. The van der Waals surface area contributed by atoms with Gasteiger partial charge in [0.05, 0.1) is 11.0 Å². The number of benzene rings is 2. The molecule has 4 atom stereocenters. The van der Waals surface area contributed by atoms with E-state index in [1.165, 1.54) is 18.2 Å². The Morgan fingerprint density at radius 1 is 1.11 bits per heavy atom. The summed E-state index contributed by atoms with van der Waals surface area (Å²) in [5.41, 5.74) is 0.306. The summed E-state index contributed by atoms with van der Waals surface area (Å²) in [5.74, 6) is -0.0793. The molecular formula is C25H26F3O5PS. The van der Waals surface area contributed by atoms with Crippen LogP contribution in [0.15, 0.2) is 52.3 Å². The summed E-state index contributed by atoms with van der Waals surface area (Å²) in [5, 5.41) is 0. The number of phosphoric acid groups is 1. The molecule has 2 saturated carbocycles. The van der Waals surface area contributed by atoms with Crippen LogP contribution in [0.1, 0.15) is 51.2 Å². The van der Waals surface area contributed by atoms with Crippen LogP contribution in [0.3, 0.4) is 0 Å². The van der Waals surface area contributed by atoms with Crippen LogP contribution in [0, 0.1) is 16.7 Å². The maximum atomic E-state index is 13.3. The van der Waals surface area contributed by atoms with Gasteiger partial charge in [0.25, 0.3) is 0 Å². The van der Waals surface area contributed by atoms with Crippen molar-refractivity contribution in [2.45, 2.75) is 62.3 Å². The quantitative estimate of drug-likeness (QED) is 0.400. The minimum absolute atomic E-state index is 0.0537. The highest BCUT2D eigenvalue weighted by Gasteiger charge is 2.62. The van der Waals surface area contributed by atoms with Crippen LogP contribution >= 0.6 is 19.6 Å². The van der Waals surface area contributed by atoms with Crippen LogP contribution in [-0.2, 0) is 13.6 Å². The molecule has 0 amide bonds. The van der Waals surface area contributed by atoms with Crippen molar-refractivity contribution in [1.82, 2.24) is 0 Å². The van der Waals surface area contributed by atoms with Crippen LogP contribution in [0.25, 0.3) is 11.8 Å². The Morgan fingerprint density at radius 3 is 2.54 bits per heavy atom. The maximum absolute atomic E-state index is 13.3. The number of phosphoric ester groups is 1. The molecule has 10 heteroatoms. The summed E-state index contributed by atoms with van der Waals surface area (Å²) in [6.45, 7) is 6.15. The van der Waals surface area contributed by atoms with Gasteiger partial charge in [0, 0.05) is 10.5 Å². The predicted octanol–water partition coefficient (Wildman–Crippen LogP) is 7.90. The monoisotopic (exact) mass is 526 g/mol. The average molecular weight is 527 g/mol. The smallest absolute Gasteiger partial charge is 0.405 e. The van der Waals surface area contributed by atoms with E-state index < -0.39 is 26.0 Å². The summed E-state index contributed by atoms with van der Waals surface area (Å²) in [6.07, 6.45) is -0.973. The first-order valence-electron chi connectivity index (χ1n) is 11.4. The van der Waals surface area contributed by atoms with Gasteiger partial charge >= 0.3 is 14.2 Å². The standard InChI is InChI=1S/C25H26F3O5PS/c1-23(2)16-11-12-24(3,14-16)22(23)33-34(29,30)32-19-13-15-7-4-5-10-20(15)35-21-17(19)8-6-9-18(21)31-25(26,27)28/h4-10,13,16,22H,11-12,14H2,1-3H3,(H,29,30)/t16-,22-,24+/m1/s1. The zero-order chi connectivity index (χ0) is 25.2. The number of hydrogen-bond donors (Lipinski definition) is 1. The number of hydrogen-bond acceptors (Lipinski definition) is 5. The summed E-state index contributed by atoms with van der Waals surface area (Å²) >= 11 is 1.07. The Balaban J connectivity index is 1.52. The third-order valence-electron chi connectivity index (χ3n) is 7.48. The Kier molecular flexibility index (Phi) is 5.87. The molecule has 1 N–H and O–H groups in total. The number of halogens is 3. The summed E-state index contributed by atoms with van der Waals surface area (Å²) in [4.78, 5) is 11.7. The molecule has 5 nitrogen and oxygen atoms in total. The first-order valence-corrected chi connectivity index (χ1v) is 13.7. The van der Waals surface area contributed by atoms with E-state index >= 15 is 0 Å². The molecule has 2 aromatic carbocycles. The average Bonchev–Trinajstić information content (AvgIpc) is 3.16. The van der Waals surface area contributed by atoms with Crippen molar-refractivity contribution in [3.8, 4) is 5.75 Å². The van der Waals surface area contributed by atoms with Gasteiger partial charge in [-0.05, 0) is 65.8 Å². The Labute approximate surface area is 206 Å². The number of fused-ring (bicyclic) bond motifs is 4. The largest absolute Gasteiger partial charge is 0.573 e. The fraction of sp³-hybridized carbons (Fsp3) is 0.440. The minimum atomic E-state index is -4.90. The molecule has 2 fully saturated rings. The maximum Gasteiger partial charge on any atom is 0.573 e. The molecule has 2 bridgehead atoms. The van der Waals surface area contributed by atoms with Crippen LogP contribution < -0.4 is 4.74 Å². The SMILES string of the molecule is CC1(C)[C@@H]2CC[C@@](C)(C2)[C@@H]1OP(=O)(O)OC1=Cc2ccccc2Sc2c(OC(F)(F)F)cccc21. The first kappa shape index (κ1) is 24.8. The van der Waals surface area contributed by atoms with Gasteiger partial charge in [0.1, 0.15) is 11.5 Å². The molecule has 0 saturated heterocycles. The van der Waals surface area contributed by atoms with Crippen molar-refractivity contribution in [3.05, 3.63) is 53.6 Å². The topological polar surface area (TPSA) is 65.0 Å². The van der Waals surface area contributed by atoms with E-state index in [0.717, 1.165) is 31.0 Å². The molecule has 0 aromatic heterocycles. The molecule has 1 heterocycles. The van der Waals surface area contributed by atoms with Gasteiger partial charge in [0.15, 0.2) is 0 Å². The predicted molar refractivity (Wildman–Crippen MR) is 127 cm³/mol. The molecule has 5 rings (SSSR count). The van der Waals surface area contributed by atoms with E-state index in [0.29, 0.717) is 16.4 Å². The second-order valence-electron chi connectivity index (χ2n) is 10.3. The lowest BCUT2D eigenvalue weighted by Gasteiger charge is -2.42. The van der Waals surface area contributed by atoms with Crippen molar-refractivity contribution >= 4 is 31.4 Å². The molecule has 188 valence electrons. The van der Waals surface area contributed by atoms with Gasteiger partial charge in [-0.2, -0.15) is 0 Å². The highest BCUT2D eigenvalue weighted by atomic mass is 32.2. The second-order valence-corrected chi connectivity index (χ2v) is 12.7. The second kappa shape index (κ2) is 8.30. The normalized spacial score (nSPS) is 28.4. The summed E-state index contributed by atoms with van der Waals surface area (Å²) in [7, 11) is -4.65. The molecule has 2 aromatic rings. The molecule has 1 aliphatic heterocycles. The number of rotatable bonds is 5. The molecule has 0 radical (unpaired) electrons. The van der Waals surface area contributed by atoms with Crippen molar-refractivity contribution in [2.24, 2.45) is 16.7 Å². The van der Waals surface area contributed by atoms with Crippen molar-refractivity contribution in [3.63, 3.8) is 0 Å². The van der Waals surface area contributed by atoms with E-state index in [1.807, 2.05) is 13.8 Å². The zero-order valence-electron chi connectivity index (χ0n) is 19.5.